The van der Waals surface area contributed by atoms with E-state index in [0.717, 1.165) is 29.5 Å². The molecule has 1 aliphatic carbocycles. The van der Waals surface area contributed by atoms with Gasteiger partial charge in [0.2, 0.25) is 5.91 Å². The first-order chi connectivity index (χ1) is 10.6. The van der Waals surface area contributed by atoms with Gasteiger partial charge in [-0.25, -0.2) is 4.98 Å². The normalized spacial score (nSPS) is 15.0. The van der Waals surface area contributed by atoms with Gasteiger partial charge < -0.3 is 16.0 Å². The Bertz CT molecular complexity index is 522. The van der Waals surface area contributed by atoms with Crippen LogP contribution in [-0.4, -0.2) is 37.0 Å². The number of thiazole rings is 1. The van der Waals surface area contributed by atoms with Crippen LogP contribution in [0.2, 0.25) is 0 Å². The number of hydrogen-bond donors (Lipinski definition) is 3. The number of nitrogens with one attached hydrogen (secondary N) is 3. The van der Waals surface area contributed by atoms with Gasteiger partial charge in [0.25, 0.3) is 0 Å². The minimum atomic E-state index is 0.175. The summed E-state index contributed by atoms with van der Waals surface area (Å²) in [6.45, 7) is 6.22. The Hall–Kier alpha value is -1.63. The maximum Gasteiger partial charge on any atom is 0.223 e. The Balaban J connectivity index is 1.64. The topological polar surface area (TPSA) is 78.4 Å². The molecule has 0 saturated heterocycles. The molecule has 7 heteroatoms. The number of rotatable bonds is 7. The van der Waals surface area contributed by atoms with E-state index in [1.165, 1.54) is 0 Å². The fourth-order valence-electron chi connectivity index (χ4n) is 1.91. The van der Waals surface area contributed by atoms with Crippen molar-refractivity contribution in [2.45, 2.75) is 39.2 Å². The summed E-state index contributed by atoms with van der Waals surface area (Å²) in [7, 11) is 1.74. The predicted octanol–water partition coefficient (Wildman–Crippen LogP) is 1.46. The maximum absolute atomic E-state index is 11.5. The number of nitrogens with zero attached hydrogens (tertiary/aromatic N) is 2. The van der Waals surface area contributed by atoms with Crippen molar-refractivity contribution >= 4 is 23.2 Å². The highest BCUT2D eigenvalue weighted by Gasteiger charge is 2.28. The standard InChI is InChI=1S/C15H25N5OS/c1-10(2)12-9-22-13(20-12)8-19-15(16-3)18-7-6-17-14(21)11-4-5-11/h9-11H,4-8H2,1-3H3,(H,17,21)(H2,16,18,19). The third-order valence-corrected chi connectivity index (χ3v) is 4.32. The molecule has 2 rings (SSSR count). The molecule has 22 heavy (non-hydrogen) atoms. The number of guanidine groups is 1. The van der Waals surface area contributed by atoms with Crippen molar-refractivity contribution in [3.05, 3.63) is 16.1 Å². The van der Waals surface area contributed by atoms with Crippen molar-refractivity contribution in [3.63, 3.8) is 0 Å². The van der Waals surface area contributed by atoms with Gasteiger partial charge in [-0.05, 0) is 18.8 Å². The van der Waals surface area contributed by atoms with Gasteiger partial charge in [-0.2, -0.15) is 0 Å². The van der Waals surface area contributed by atoms with Crippen LogP contribution >= 0.6 is 11.3 Å². The van der Waals surface area contributed by atoms with Gasteiger partial charge in [-0.3, -0.25) is 9.79 Å². The van der Waals surface area contributed by atoms with Crippen molar-refractivity contribution in [2.75, 3.05) is 20.1 Å². The molecule has 1 aromatic heterocycles. The lowest BCUT2D eigenvalue weighted by molar-refractivity contribution is -0.122. The molecule has 6 nitrogen and oxygen atoms in total. The minimum absolute atomic E-state index is 0.175. The summed E-state index contributed by atoms with van der Waals surface area (Å²) in [5.41, 5.74) is 1.13. The molecule has 0 unspecified atom stereocenters. The van der Waals surface area contributed by atoms with E-state index in [2.05, 4.69) is 45.2 Å². The van der Waals surface area contributed by atoms with E-state index in [1.807, 2.05) is 0 Å². The Labute approximate surface area is 135 Å². The minimum Gasteiger partial charge on any atom is -0.355 e. The van der Waals surface area contributed by atoms with Crippen LogP contribution in [0.1, 0.15) is 43.3 Å². The number of aromatic nitrogens is 1. The van der Waals surface area contributed by atoms with Crippen LogP contribution in [0.4, 0.5) is 0 Å². The lowest BCUT2D eigenvalue weighted by atomic mass is 10.2. The molecule has 3 N–H and O–H groups in total. The third-order valence-electron chi connectivity index (χ3n) is 3.46. The number of carbonyl (C=O) groups excluding carboxylic acids is 1. The zero-order valence-corrected chi connectivity index (χ0v) is 14.3. The summed E-state index contributed by atoms with van der Waals surface area (Å²) >= 11 is 1.66. The first kappa shape index (κ1) is 16.7. The van der Waals surface area contributed by atoms with Crippen molar-refractivity contribution < 1.29 is 4.79 Å². The molecule has 1 saturated carbocycles. The monoisotopic (exact) mass is 323 g/mol. The highest BCUT2D eigenvalue weighted by Crippen LogP contribution is 2.28. The largest absolute Gasteiger partial charge is 0.355 e. The molecule has 0 bridgehead atoms. The van der Waals surface area contributed by atoms with Crippen LogP contribution in [0.3, 0.4) is 0 Å². The first-order valence-corrected chi connectivity index (χ1v) is 8.64. The van der Waals surface area contributed by atoms with Gasteiger partial charge in [0.1, 0.15) is 5.01 Å². The van der Waals surface area contributed by atoms with Crippen molar-refractivity contribution in [1.82, 2.24) is 20.9 Å². The zero-order valence-electron chi connectivity index (χ0n) is 13.5. The molecular formula is C15H25N5OS. The SMILES string of the molecule is CN=C(NCCNC(=O)C1CC1)NCc1nc(C(C)C)cs1. The van der Waals surface area contributed by atoms with E-state index >= 15 is 0 Å². The number of amides is 1. The van der Waals surface area contributed by atoms with Crippen molar-refractivity contribution in [2.24, 2.45) is 10.9 Å². The van der Waals surface area contributed by atoms with Crippen molar-refractivity contribution in [1.29, 1.82) is 0 Å². The Morgan fingerprint density at radius 2 is 2.09 bits per heavy atom. The Kier molecular flexibility index (Phi) is 6.18. The van der Waals surface area contributed by atoms with Gasteiger partial charge in [-0.15, -0.1) is 11.3 Å². The molecule has 1 amide bonds. The smallest absolute Gasteiger partial charge is 0.223 e. The van der Waals surface area contributed by atoms with E-state index in [-0.39, 0.29) is 11.8 Å². The molecule has 0 spiro atoms. The predicted molar refractivity (Wildman–Crippen MR) is 90.1 cm³/mol. The van der Waals surface area contributed by atoms with E-state index in [0.29, 0.717) is 25.6 Å². The summed E-state index contributed by atoms with van der Waals surface area (Å²) in [6.07, 6.45) is 2.07. The molecule has 0 aliphatic heterocycles. The van der Waals surface area contributed by atoms with E-state index in [9.17, 15) is 4.79 Å². The van der Waals surface area contributed by atoms with Crippen LogP contribution in [0.15, 0.2) is 10.4 Å². The second-order valence-corrected chi connectivity index (χ2v) is 6.68. The Morgan fingerprint density at radius 1 is 1.36 bits per heavy atom. The lowest BCUT2D eigenvalue weighted by Gasteiger charge is -2.11. The third kappa shape index (κ3) is 5.29. The number of hydrogen-bond acceptors (Lipinski definition) is 4. The molecule has 0 atom stereocenters. The van der Waals surface area contributed by atoms with E-state index in [4.69, 9.17) is 0 Å². The second-order valence-electron chi connectivity index (χ2n) is 5.74. The van der Waals surface area contributed by atoms with Gasteiger partial charge in [0.15, 0.2) is 5.96 Å². The maximum atomic E-state index is 11.5. The molecule has 0 radical (unpaired) electrons. The first-order valence-electron chi connectivity index (χ1n) is 7.76. The lowest BCUT2D eigenvalue weighted by Crippen LogP contribution is -2.41. The van der Waals surface area contributed by atoms with Gasteiger partial charge in [-0.1, -0.05) is 13.8 Å². The number of aliphatic imine (C=N–C) groups is 1. The fourth-order valence-corrected chi connectivity index (χ4v) is 2.80. The van der Waals surface area contributed by atoms with Gasteiger partial charge in [0, 0.05) is 31.4 Å². The summed E-state index contributed by atoms with van der Waals surface area (Å²) in [6, 6.07) is 0. The molecule has 1 aliphatic rings. The van der Waals surface area contributed by atoms with Gasteiger partial charge in [0.05, 0.1) is 12.2 Å². The summed E-state index contributed by atoms with van der Waals surface area (Å²) in [5, 5.41) is 12.5. The van der Waals surface area contributed by atoms with E-state index < -0.39 is 0 Å². The highest BCUT2D eigenvalue weighted by molar-refractivity contribution is 7.09. The fraction of sp³-hybridized carbons (Fsp3) is 0.667. The molecule has 122 valence electrons. The zero-order chi connectivity index (χ0) is 15.9. The summed E-state index contributed by atoms with van der Waals surface area (Å²) in [4.78, 5) is 20.2. The molecule has 1 heterocycles. The summed E-state index contributed by atoms with van der Waals surface area (Å²) in [5.74, 6) is 1.62. The summed E-state index contributed by atoms with van der Waals surface area (Å²) < 4.78 is 0. The quantitative estimate of drug-likeness (QED) is 0.403. The van der Waals surface area contributed by atoms with Crippen molar-refractivity contribution in [3.8, 4) is 0 Å². The molecule has 1 fully saturated rings. The van der Waals surface area contributed by atoms with Crippen LogP contribution < -0.4 is 16.0 Å². The van der Waals surface area contributed by atoms with E-state index in [1.54, 1.807) is 18.4 Å². The van der Waals surface area contributed by atoms with Crippen LogP contribution in [-0.2, 0) is 11.3 Å². The molecule has 1 aromatic rings. The van der Waals surface area contributed by atoms with Gasteiger partial charge >= 0.3 is 0 Å². The average molecular weight is 323 g/mol. The average Bonchev–Trinajstić information content (AvgIpc) is 3.24. The Morgan fingerprint density at radius 3 is 2.68 bits per heavy atom. The van der Waals surface area contributed by atoms with Crippen LogP contribution in [0.25, 0.3) is 0 Å². The second kappa shape index (κ2) is 8.12. The number of carbonyl (C=O) groups is 1. The molecule has 0 aromatic carbocycles. The van der Waals surface area contributed by atoms with Crippen LogP contribution in [0, 0.1) is 5.92 Å². The molecular weight excluding hydrogens is 298 g/mol. The highest BCUT2D eigenvalue weighted by atomic mass is 32.1. The van der Waals surface area contributed by atoms with Crippen LogP contribution in [0.5, 0.6) is 0 Å².